The van der Waals surface area contributed by atoms with E-state index in [2.05, 4.69) is 17.5 Å². The number of benzene rings is 1. The van der Waals surface area contributed by atoms with Crippen LogP contribution in [0.1, 0.15) is 12.0 Å². The number of rotatable bonds is 0. The highest BCUT2D eigenvalue weighted by Crippen LogP contribution is 2.46. The van der Waals surface area contributed by atoms with Gasteiger partial charge in [0.1, 0.15) is 18.8 Å². The first-order valence-electron chi connectivity index (χ1n) is 6.38. The van der Waals surface area contributed by atoms with Crippen molar-refractivity contribution in [2.24, 2.45) is 0 Å². The zero-order valence-electron chi connectivity index (χ0n) is 10.1. The summed E-state index contributed by atoms with van der Waals surface area (Å²) in [5, 5.41) is 3.35. The molecule has 3 aliphatic heterocycles. The Kier molecular flexibility index (Phi) is 2.08. The average Bonchev–Trinajstić information content (AvgIpc) is 2.87. The fraction of sp³-hybridized carbons (Fsp3) is 0.429. The van der Waals surface area contributed by atoms with Gasteiger partial charge in [0.25, 0.3) is 0 Å². The van der Waals surface area contributed by atoms with Gasteiger partial charge >= 0.3 is 0 Å². The monoisotopic (exact) mass is 245 g/mol. The second-order valence-electron chi connectivity index (χ2n) is 4.94. The minimum atomic E-state index is -0.205. The van der Waals surface area contributed by atoms with Gasteiger partial charge in [-0.1, -0.05) is 6.08 Å². The van der Waals surface area contributed by atoms with Crippen molar-refractivity contribution >= 4 is 6.08 Å². The molecule has 1 saturated heterocycles. The van der Waals surface area contributed by atoms with Gasteiger partial charge in [0.05, 0.1) is 0 Å². The van der Waals surface area contributed by atoms with Crippen molar-refractivity contribution in [3.8, 4) is 17.2 Å². The van der Waals surface area contributed by atoms with Gasteiger partial charge in [0.15, 0.2) is 11.5 Å². The molecule has 0 radical (unpaired) electrons. The molecule has 4 nitrogen and oxygen atoms in total. The van der Waals surface area contributed by atoms with Crippen molar-refractivity contribution in [1.82, 2.24) is 5.32 Å². The molecule has 3 heterocycles. The maximum absolute atomic E-state index is 6.22. The molecule has 4 rings (SSSR count). The van der Waals surface area contributed by atoms with Crippen LogP contribution in [0.5, 0.6) is 17.2 Å². The van der Waals surface area contributed by atoms with E-state index in [9.17, 15) is 0 Å². The zero-order chi connectivity index (χ0) is 12.0. The first kappa shape index (κ1) is 10.3. The van der Waals surface area contributed by atoms with Crippen LogP contribution in [0.3, 0.4) is 0 Å². The maximum atomic E-state index is 6.22. The lowest BCUT2D eigenvalue weighted by molar-refractivity contribution is 0.116. The normalized spacial score (nSPS) is 28.0. The Hall–Kier alpha value is -1.68. The van der Waals surface area contributed by atoms with Crippen molar-refractivity contribution in [2.45, 2.75) is 12.0 Å². The van der Waals surface area contributed by atoms with Crippen LogP contribution in [0.4, 0.5) is 0 Å². The third-order valence-electron chi connectivity index (χ3n) is 3.71. The molecule has 1 atom stereocenters. The van der Waals surface area contributed by atoms with Crippen molar-refractivity contribution < 1.29 is 14.2 Å². The molecule has 94 valence electrons. The first-order chi connectivity index (χ1) is 8.86. The van der Waals surface area contributed by atoms with Gasteiger partial charge in [-0.15, -0.1) is 0 Å². The van der Waals surface area contributed by atoms with E-state index in [0.717, 1.165) is 42.3 Å². The Labute approximate surface area is 106 Å². The molecule has 1 aromatic rings. The molecule has 0 bridgehead atoms. The van der Waals surface area contributed by atoms with Crippen LogP contribution in [0.15, 0.2) is 18.2 Å². The average molecular weight is 245 g/mol. The van der Waals surface area contributed by atoms with E-state index in [1.54, 1.807) is 0 Å². The van der Waals surface area contributed by atoms with Gasteiger partial charge in [-0.05, 0) is 24.8 Å². The number of ether oxygens (including phenoxy) is 3. The summed E-state index contributed by atoms with van der Waals surface area (Å²) in [5.41, 5.74) is 0.861. The van der Waals surface area contributed by atoms with E-state index < -0.39 is 0 Å². The summed E-state index contributed by atoms with van der Waals surface area (Å²) in [6, 6.07) is 3.97. The van der Waals surface area contributed by atoms with E-state index in [0.29, 0.717) is 13.2 Å². The Bertz CT molecular complexity index is 518. The highest BCUT2D eigenvalue weighted by atomic mass is 16.6. The third kappa shape index (κ3) is 1.42. The molecular formula is C14H15NO3. The maximum Gasteiger partial charge on any atom is 0.204 e. The molecule has 18 heavy (non-hydrogen) atoms. The number of hydrogen-bond donors (Lipinski definition) is 1. The van der Waals surface area contributed by atoms with Crippen LogP contribution in [0.2, 0.25) is 0 Å². The Morgan fingerprint density at radius 3 is 2.94 bits per heavy atom. The summed E-state index contributed by atoms with van der Waals surface area (Å²) >= 11 is 0. The number of fused-ring (bicyclic) bond motifs is 3. The van der Waals surface area contributed by atoms with Crippen LogP contribution in [0, 0.1) is 0 Å². The van der Waals surface area contributed by atoms with Crippen molar-refractivity contribution in [1.29, 1.82) is 0 Å². The molecular weight excluding hydrogens is 230 g/mol. The lowest BCUT2D eigenvalue weighted by atomic mass is 9.97. The van der Waals surface area contributed by atoms with Crippen molar-refractivity contribution in [3.05, 3.63) is 23.8 Å². The van der Waals surface area contributed by atoms with Crippen LogP contribution >= 0.6 is 0 Å². The zero-order valence-corrected chi connectivity index (χ0v) is 10.1. The molecule has 3 aliphatic rings. The lowest BCUT2D eigenvalue weighted by Crippen LogP contribution is -2.38. The lowest BCUT2D eigenvalue weighted by Gasteiger charge is -2.33. The van der Waals surface area contributed by atoms with E-state index >= 15 is 0 Å². The summed E-state index contributed by atoms with van der Waals surface area (Å²) in [7, 11) is 0. The molecule has 0 aliphatic carbocycles. The fourth-order valence-electron chi connectivity index (χ4n) is 2.74. The molecule has 1 spiro atoms. The van der Waals surface area contributed by atoms with Crippen molar-refractivity contribution in [3.63, 3.8) is 0 Å². The summed E-state index contributed by atoms with van der Waals surface area (Å²) in [4.78, 5) is 0. The van der Waals surface area contributed by atoms with Crippen LogP contribution in [-0.2, 0) is 0 Å². The molecule has 4 heteroatoms. The van der Waals surface area contributed by atoms with E-state index in [1.807, 2.05) is 12.1 Å². The Morgan fingerprint density at radius 2 is 2.06 bits per heavy atom. The molecule has 0 aromatic heterocycles. The Balaban J connectivity index is 1.81. The predicted molar refractivity (Wildman–Crippen MR) is 67.3 cm³/mol. The second-order valence-corrected chi connectivity index (χ2v) is 4.94. The highest BCUT2D eigenvalue weighted by molar-refractivity contribution is 5.69. The van der Waals surface area contributed by atoms with Crippen LogP contribution in [0.25, 0.3) is 6.08 Å². The minimum Gasteiger partial charge on any atom is -0.486 e. The predicted octanol–water partition coefficient (Wildman–Crippen LogP) is 1.60. The summed E-state index contributed by atoms with van der Waals surface area (Å²) < 4.78 is 17.5. The Morgan fingerprint density at radius 1 is 1.11 bits per heavy atom. The SMILES string of the molecule is C1=CC2(CCNC2)Oc2c1ccc1c2OCCO1. The number of nitrogens with one attached hydrogen (secondary N) is 1. The molecule has 0 amide bonds. The van der Waals surface area contributed by atoms with E-state index in [1.165, 1.54) is 0 Å². The van der Waals surface area contributed by atoms with Gasteiger partial charge in [-0.2, -0.15) is 0 Å². The van der Waals surface area contributed by atoms with Gasteiger partial charge in [-0.3, -0.25) is 0 Å². The largest absolute Gasteiger partial charge is 0.486 e. The quantitative estimate of drug-likeness (QED) is 0.753. The summed E-state index contributed by atoms with van der Waals surface area (Å²) in [6.45, 7) is 3.04. The van der Waals surface area contributed by atoms with Crippen LogP contribution in [-0.4, -0.2) is 31.9 Å². The highest BCUT2D eigenvalue weighted by Gasteiger charge is 2.38. The van der Waals surface area contributed by atoms with Gasteiger partial charge in [-0.25, -0.2) is 0 Å². The summed E-state index contributed by atoms with van der Waals surface area (Å²) in [6.07, 6.45) is 5.28. The van der Waals surface area contributed by atoms with Crippen molar-refractivity contribution in [2.75, 3.05) is 26.3 Å². The summed E-state index contributed by atoms with van der Waals surface area (Å²) in [5.74, 6) is 2.38. The third-order valence-corrected chi connectivity index (χ3v) is 3.71. The van der Waals surface area contributed by atoms with Crippen LogP contribution < -0.4 is 19.5 Å². The molecule has 1 aromatic carbocycles. The minimum absolute atomic E-state index is 0.205. The molecule has 0 saturated carbocycles. The fourth-order valence-corrected chi connectivity index (χ4v) is 2.74. The van der Waals surface area contributed by atoms with Gasteiger partial charge in [0.2, 0.25) is 5.75 Å². The second kappa shape index (κ2) is 3.65. The van der Waals surface area contributed by atoms with E-state index in [-0.39, 0.29) is 5.60 Å². The van der Waals surface area contributed by atoms with Gasteiger partial charge < -0.3 is 19.5 Å². The van der Waals surface area contributed by atoms with Gasteiger partial charge in [0, 0.05) is 18.5 Å². The van der Waals surface area contributed by atoms with E-state index in [4.69, 9.17) is 14.2 Å². The smallest absolute Gasteiger partial charge is 0.204 e. The molecule has 1 unspecified atom stereocenters. The molecule has 1 N–H and O–H groups in total. The first-order valence-corrected chi connectivity index (χ1v) is 6.38. The number of hydrogen-bond acceptors (Lipinski definition) is 4. The standard InChI is InChI=1S/C14H15NO3/c1-2-11-13(17-8-7-16-11)12-10(1)3-4-14(18-12)5-6-15-9-14/h1-4,15H,5-9H2. The topological polar surface area (TPSA) is 39.7 Å². The molecule has 1 fully saturated rings.